The fourth-order valence-electron chi connectivity index (χ4n) is 4.68. The molecule has 3 fully saturated rings. The Labute approximate surface area is 157 Å². The number of aromatic nitrogens is 2. The second kappa shape index (κ2) is 6.10. The molecule has 1 unspecified atom stereocenters. The topological polar surface area (TPSA) is 60.1 Å². The standard InChI is InChI=1S/C19H21N3O2.Fe/c20-11-14-1-2-16-17(9-14)22(13-21-16)12-15-10-19(23-7-8-24-19)6-5-18(15)3-4-18;/h1-2,9,13,15H,3-8,10,12H2;. The molecule has 132 valence electrons. The molecule has 1 atom stereocenters. The Hall–Kier alpha value is -1.38. The third-order valence-corrected chi connectivity index (χ3v) is 6.30. The van der Waals surface area contributed by atoms with Gasteiger partial charge >= 0.3 is 0 Å². The normalized spacial score (nSPS) is 25.8. The molecule has 1 aliphatic heterocycles. The Morgan fingerprint density at radius 2 is 1.96 bits per heavy atom. The predicted molar refractivity (Wildman–Crippen MR) is 88.1 cm³/mol. The summed E-state index contributed by atoms with van der Waals surface area (Å²) in [7, 11) is 0. The molecule has 6 heteroatoms. The molecule has 2 saturated carbocycles. The Balaban J connectivity index is 0.00000157. The number of rotatable bonds is 2. The average Bonchev–Trinajstić information content (AvgIpc) is 3.08. The third-order valence-electron chi connectivity index (χ3n) is 6.30. The molecule has 5 rings (SSSR count). The summed E-state index contributed by atoms with van der Waals surface area (Å²) >= 11 is 0. The van der Waals surface area contributed by atoms with Crippen molar-refractivity contribution >= 4 is 11.0 Å². The molecule has 1 saturated heterocycles. The number of hydrogen-bond donors (Lipinski definition) is 0. The smallest absolute Gasteiger partial charge is 0.168 e. The molecule has 1 aromatic carbocycles. The summed E-state index contributed by atoms with van der Waals surface area (Å²) in [5.74, 6) is 0.208. The van der Waals surface area contributed by atoms with Crippen LogP contribution in [0.3, 0.4) is 0 Å². The molecule has 0 N–H and O–H groups in total. The number of benzene rings is 1. The van der Waals surface area contributed by atoms with E-state index in [9.17, 15) is 0 Å². The fraction of sp³-hybridized carbons (Fsp3) is 0.579. The van der Waals surface area contributed by atoms with Crippen molar-refractivity contribution in [3.05, 3.63) is 30.1 Å². The van der Waals surface area contributed by atoms with Crippen LogP contribution in [0.1, 0.15) is 37.7 Å². The van der Waals surface area contributed by atoms with E-state index in [2.05, 4.69) is 15.6 Å². The number of hydrogen-bond acceptors (Lipinski definition) is 4. The Morgan fingerprint density at radius 3 is 2.68 bits per heavy atom. The maximum Gasteiger partial charge on any atom is 0.168 e. The van der Waals surface area contributed by atoms with Crippen molar-refractivity contribution < 1.29 is 26.5 Å². The monoisotopic (exact) mass is 379 g/mol. The number of nitriles is 1. The Kier molecular flexibility index (Phi) is 4.16. The van der Waals surface area contributed by atoms with Crippen LogP contribution in [-0.4, -0.2) is 28.6 Å². The largest absolute Gasteiger partial charge is 0.348 e. The van der Waals surface area contributed by atoms with E-state index in [1.54, 1.807) is 0 Å². The van der Waals surface area contributed by atoms with Gasteiger partial charge in [-0.1, -0.05) is 0 Å². The summed E-state index contributed by atoms with van der Waals surface area (Å²) in [6, 6.07) is 7.94. The molecule has 0 amide bonds. The summed E-state index contributed by atoms with van der Waals surface area (Å²) in [5.41, 5.74) is 3.17. The zero-order valence-corrected chi connectivity index (χ0v) is 15.2. The maximum atomic E-state index is 9.17. The maximum absolute atomic E-state index is 9.17. The molecule has 1 aromatic heterocycles. The Morgan fingerprint density at radius 1 is 1.20 bits per heavy atom. The van der Waals surface area contributed by atoms with Gasteiger partial charge in [-0.15, -0.1) is 0 Å². The van der Waals surface area contributed by atoms with Gasteiger partial charge in [-0.2, -0.15) is 5.26 Å². The quantitative estimate of drug-likeness (QED) is 0.752. The summed E-state index contributed by atoms with van der Waals surface area (Å²) < 4.78 is 14.2. The Bertz CT molecular complexity index is 831. The van der Waals surface area contributed by atoms with Crippen molar-refractivity contribution in [2.75, 3.05) is 13.2 Å². The van der Waals surface area contributed by atoms with Crippen molar-refractivity contribution in [3.63, 3.8) is 0 Å². The molecule has 5 nitrogen and oxygen atoms in total. The van der Waals surface area contributed by atoms with E-state index in [1.165, 1.54) is 19.3 Å². The zero-order valence-electron chi connectivity index (χ0n) is 14.1. The first-order chi connectivity index (χ1) is 11.7. The zero-order chi connectivity index (χ0) is 16.2. The first kappa shape index (κ1) is 17.1. The molecular formula is C19H21FeN3O2. The molecule has 25 heavy (non-hydrogen) atoms. The van der Waals surface area contributed by atoms with Crippen molar-refractivity contribution in [2.24, 2.45) is 11.3 Å². The van der Waals surface area contributed by atoms with Gasteiger partial charge in [-0.05, 0) is 48.8 Å². The van der Waals surface area contributed by atoms with Gasteiger partial charge in [-0.25, -0.2) is 4.98 Å². The van der Waals surface area contributed by atoms with Gasteiger partial charge < -0.3 is 14.0 Å². The van der Waals surface area contributed by atoms with E-state index in [1.807, 2.05) is 24.5 Å². The summed E-state index contributed by atoms with van der Waals surface area (Å²) in [6.07, 6.45) is 7.78. The number of ether oxygens (including phenoxy) is 2. The van der Waals surface area contributed by atoms with Gasteiger partial charge in [0.25, 0.3) is 0 Å². The number of fused-ring (bicyclic) bond motifs is 1. The van der Waals surface area contributed by atoms with Gasteiger partial charge in [0.1, 0.15) is 0 Å². The summed E-state index contributed by atoms with van der Waals surface area (Å²) in [4.78, 5) is 4.51. The van der Waals surface area contributed by atoms with Crippen LogP contribution in [0.25, 0.3) is 11.0 Å². The molecule has 0 bridgehead atoms. The van der Waals surface area contributed by atoms with Gasteiger partial charge in [-0.3, -0.25) is 0 Å². The summed E-state index contributed by atoms with van der Waals surface area (Å²) in [6.45, 7) is 2.37. The van der Waals surface area contributed by atoms with Crippen LogP contribution >= 0.6 is 0 Å². The minimum Gasteiger partial charge on any atom is -0.348 e. The van der Waals surface area contributed by atoms with Crippen molar-refractivity contribution in [3.8, 4) is 6.07 Å². The molecule has 2 aromatic rings. The molecule has 2 heterocycles. The SMILES string of the molecule is N#Cc1ccc2ncn(CC3CC4(CCC35CC5)OCCO4)c2c1.[Fe]. The molecule has 0 radical (unpaired) electrons. The number of imidazole rings is 1. The van der Waals surface area contributed by atoms with E-state index in [4.69, 9.17) is 14.7 Å². The molecule has 3 aliphatic rings. The third kappa shape index (κ3) is 2.80. The minimum absolute atomic E-state index is 0. The minimum atomic E-state index is -0.341. The fourth-order valence-corrected chi connectivity index (χ4v) is 4.68. The van der Waals surface area contributed by atoms with Crippen LogP contribution in [0.5, 0.6) is 0 Å². The van der Waals surface area contributed by atoms with Crippen LogP contribution in [0.2, 0.25) is 0 Å². The summed E-state index contributed by atoms with van der Waals surface area (Å²) in [5, 5.41) is 9.17. The molecular weight excluding hydrogens is 358 g/mol. The van der Waals surface area contributed by atoms with Gasteiger partial charge in [0.05, 0.1) is 42.2 Å². The van der Waals surface area contributed by atoms with Crippen LogP contribution in [0.4, 0.5) is 0 Å². The van der Waals surface area contributed by atoms with Crippen LogP contribution < -0.4 is 0 Å². The first-order valence-electron chi connectivity index (χ1n) is 8.85. The van der Waals surface area contributed by atoms with Crippen LogP contribution in [0.15, 0.2) is 24.5 Å². The first-order valence-corrected chi connectivity index (χ1v) is 8.85. The van der Waals surface area contributed by atoms with E-state index in [0.29, 0.717) is 16.9 Å². The van der Waals surface area contributed by atoms with E-state index >= 15 is 0 Å². The van der Waals surface area contributed by atoms with Crippen molar-refractivity contribution in [1.82, 2.24) is 9.55 Å². The second-order valence-electron chi connectivity index (χ2n) is 7.58. The average molecular weight is 379 g/mol. The van der Waals surface area contributed by atoms with E-state index in [-0.39, 0.29) is 22.9 Å². The number of nitrogens with zero attached hydrogens (tertiary/aromatic N) is 3. The van der Waals surface area contributed by atoms with Crippen molar-refractivity contribution in [1.29, 1.82) is 5.26 Å². The second-order valence-corrected chi connectivity index (χ2v) is 7.58. The molecule has 2 spiro atoms. The van der Waals surface area contributed by atoms with Gasteiger partial charge in [0.15, 0.2) is 5.79 Å². The van der Waals surface area contributed by atoms with Gasteiger partial charge in [0, 0.05) is 36.5 Å². The van der Waals surface area contributed by atoms with Crippen LogP contribution in [0, 0.1) is 22.7 Å². The van der Waals surface area contributed by atoms with E-state index < -0.39 is 0 Å². The van der Waals surface area contributed by atoms with E-state index in [0.717, 1.165) is 43.6 Å². The van der Waals surface area contributed by atoms with Crippen molar-refractivity contribution in [2.45, 2.75) is 44.4 Å². The molecule has 2 aliphatic carbocycles. The van der Waals surface area contributed by atoms with Gasteiger partial charge in [0.2, 0.25) is 0 Å². The predicted octanol–water partition coefficient (Wildman–Crippen LogP) is 3.23. The van der Waals surface area contributed by atoms with Crippen LogP contribution in [-0.2, 0) is 33.1 Å².